The molecule has 0 saturated heterocycles. The highest BCUT2D eigenvalue weighted by Crippen LogP contribution is 2.25. The van der Waals surface area contributed by atoms with Crippen molar-refractivity contribution in [3.05, 3.63) is 22.8 Å². The molecule has 0 fully saturated rings. The number of nitrogens with two attached hydrogens (primary N) is 1. The summed E-state index contributed by atoms with van der Waals surface area (Å²) >= 11 is 6.29. The summed E-state index contributed by atoms with van der Waals surface area (Å²) in [5.74, 6) is 1.57. The molecule has 0 saturated carbocycles. The van der Waals surface area contributed by atoms with Crippen LogP contribution in [0.5, 0.6) is 0 Å². The second-order valence-electron chi connectivity index (χ2n) is 4.57. The van der Waals surface area contributed by atoms with Crippen molar-refractivity contribution in [2.24, 2.45) is 11.7 Å². The van der Waals surface area contributed by atoms with Crippen molar-refractivity contribution in [2.75, 3.05) is 18.0 Å². The minimum Gasteiger partial charge on any atom is -0.355 e. The largest absolute Gasteiger partial charge is 0.355 e. The summed E-state index contributed by atoms with van der Waals surface area (Å²) in [4.78, 5) is 6.71. The Morgan fingerprint density at radius 1 is 1.33 bits per heavy atom. The molecule has 1 heterocycles. The molecule has 3 nitrogen and oxygen atoms in total. The molecule has 0 aliphatic carbocycles. The lowest BCUT2D eigenvalue weighted by atomic mass is 10.0. The van der Waals surface area contributed by atoms with Crippen molar-refractivity contribution in [3.8, 4) is 0 Å². The predicted octanol–water partition coefficient (Wildman–Crippen LogP) is 3.46. The van der Waals surface area contributed by atoms with Gasteiger partial charge >= 0.3 is 0 Å². The quantitative estimate of drug-likeness (QED) is 0.824. The fourth-order valence-corrected chi connectivity index (χ4v) is 2.35. The van der Waals surface area contributed by atoms with E-state index in [-0.39, 0.29) is 0 Å². The van der Waals surface area contributed by atoms with Crippen molar-refractivity contribution < 1.29 is 0 Å². The van der Waals surface area contributed by atoms with Crippen molar-refractivity contribution in [2.45, 2.75) is 40.2 Å². The van der Waals surface area contributed by atoms with E-state index in [4.69, 9.17) is 17.3 Å². The van der Waals surface area contributed by atoms with Crippen LogP contribution in [-0.2, 0) is 6.54 Å². The molecule has 0 atom stereocenters. The third-order valence-electron chi connectivity index (χ3n) is 3.43. The molecule has 0 aliphatic rings. The Balaban J connectivity index is 2.87. The van der Waals surface area contributed by atoms with Crippen LogP contribution in [0.1, 0.15) is 39.2 Å². The Morgan fingerprint density at radius 3 is 2.44 bits per heavy atom. The number of hydrogen-bond donors (Lipinski definition) is 1. The predicted molar refractivity (Wildman–Crippen MR) is 79.1 cm³/mol. The van der Waals surface area contributed by atoms with Gasteiger partial charge in [-0.1, -0.05) is 38.3 Å². The van der Waals surface area contributed by atoms with Crippen LogP contribution < -0.4 is 10.6 Å². The lowest BCUT2D eigenvalue weighted by molar-refractivity contribution is 0.484. The molecule has 1 aromatic rings. The summed E-state index contributed by atoms with van der Waals surface area (Å²) in [6.45, 7) is 9.01. The molecular formula is C14H24ClN3. The zero-order chi connectivity index (χ0) is 13.5. The first-order valence-corrected chi connectivity index (χ1v) is 7.13. The smallest absolute Gasteiger partial charge is 0.147 e. The second-order valence-corrected chi connectivity index (χ2v) is 4.98. The van der Waals surface area contributed by atoms with Gasteiger partial charge in [0.2, 0.25) is 0 Å². The molecule has 0 aromatic carbocycles. The van der Waals surface area contributed by atoms with E-state index in [2.05, 4.69) is 30.7 Å². The van der Waals surface area contributed by atoms with Gasteiger partial charge in [-0.2, -0.15) is 0 Å². The van der Waals surface area contributed by atoms with E-state index in [0.717, 1.165) is 24.5 Å². The van der Waals surface area contributed by atoms with E-state index < -0.39 is 0 Å². The van der Waals surface area contributed by atoms with Crippen molar-refractivity contribution in [3.63, 3.8) is 0 Å². The number of hydrogen-bond acceptors (Lipinski definition) is 3. The van der Waals surface area contributed by atoms with Gasteiger partial charge < -0.3 is 10.6 Å². The van der Waals surface area contributed by atoms with Gasteiger partial charge in [-0.3, -0.25) is 0 Å². The molecule has 0 radical (unpaired) electrons. The van der Waals surface area contributed by atoms with Gasteiger partial charge in [0.05, 0.1) is 5.02 Å². The highest BCUT2D eigenvalue weighted by Gasteiger charge is 2.14. The Morgan fingerprint density at radius 2 is 2.00 bits per heavy atom. The van der Waals surface area contributed by atoms with Crippen LogP contribution in [0, 0.1) is 5.92 Å². The number of halogens is 1. The van der Waals surface area contributed by atoms with E-state index >= 15 is 0 Å². The van der Waals surface area contributed by atoms with Gasteiger partial charge in [0.15, 0.2) is 0 Å². The lowest BCUT2D eigenvalue weighted by Gasteiger charge is -2.27. The molecule has 2 N–H and O–H groups in total. The number of nitrogens with zero attached hydrogens (tertiary/aromatic N) is 2. The van der Waals surface area contributed by atoms with Crippen molar-refractivity contribution in [1.29, 1.82) is 0 Å². The summed E-state index contributed by atoms with van der Waals surface area (Å²) < 4.78 is 0. The first-order valence-electron chi connectivity index (χ1n) is 6.75. The normalized spacial score (nSPS) is 11.0. The third kappa shape index (κ3) is 3.85. The van der Waals surface area contributed by atoms with Crippen LogP contribution in [0.4, 0.5) is 5.82 Å². The summed E-state index contributed by atoms with van der Waals surface area (Å²) in [5.41, 5.74) is 6.56. The zero-order valence-corrected chi connectivity index (χ0v) is 12.4. The monoisotopic (exact) mass is 269 g/mol. The molecule has 1 rings (SSSR count). The topological polar surface area (TPSA) is 42.2 Å². The van der Waals surface area contributed by atoms with E-state index in [9.17, 15) is 0 Å². The summed E-state index contributed by atoms with van der Waals surface area (Å²) in [7, 11) is 0. The van der Waals surface area contributed by atoms with Gasteiger partial charge in [0, 0.05) is 25.8 Å². The highest BCUT2D eigenvalue weighted by atomic mass is 35.5. The van der Waals surface area contributed by atoms with Crippen LogP contribution in [0.15, 0.2) is 12.3 Å². The van der Waals surface area contributed by atoms with Crippen LogP contribution in [0.3, 0.4) is 0 Å². The fraction of sp³-hybridized carbons (Fsp3) is 0.643. The maximum Gasteiger partial charge on any atom is 0.147 e. The SMILES string of the molecule is CCC(CC)CN(CC)c1ncc(CN)cc1Cl. The van der Waals surface area contributed by atoms with Crippen molar-refractivity contribution in [1.82, 2.24) is 4.98 Å². The minimum atomic E-state index is 0.478. The van der Waals surface area contributed by atoms with Crippen LogP contribution in [-0.4, -0.2) is 18.1 Å². The molecule has 0 amide bonds. The number of anilines is 1. The Bertz CT molecular complexity index is 364. The molecule has 0 unspecified atom stereocenters. The van der Waals surface area contributed by atoms with Gasteiger partial charge in [0.25, 0.3) is 0 Å². The molecule has 4 heteroatoms. The van der Waals surface area contributed by atoms with Crippen LogP contribution >= 0.6 is 11.6 Å². The standard InChI is InChI=1S/C14H24ClN3/c1-4-11(5-2)10-18(6-3)14-13(15)7-12(8-16)9-17-14/h7,9,11H,4-6,8,10,16H2,1-3H3. The Kier molecular flexibility index (Phi) is 6.44. The van der Waals surface area contributed by atoms with Gasteiger partial charge in [0.1, 0.15) is 5.82 Å². The van der Waals surface area contributed by atoms with Gasteiger partial charge in [-0.05, 0) is 24.5 Å². The van der Waals surface area contributed by atoms with Gasteiger partial charge in [-0.25, -0.2) is 4.98 Å². The molecule has 18 heavy (non-hydrogen) atoms. The van der Waals surface area contributed by atoms with Gasteiger partial charge in [-0.15, -0.1) is 0 Å². The summed E-state index contributed by atoms with van der Waals surface area (Å²) in [6.07, 6.45) is 4.19. The zero-order valence-electron chi connectivity index (χ0n) is 11.6. The molecular weight excluding hydrogens is 246 g/mol. The Labute approximate surface area is 115 Å². The van der Waals surface area contributed by atoms with Crippen molar-refractivity contribution >= 4 is 17.4 Å². The van der Waals surface area contributed by atoms with Crippen LogP contribution in [0.2, 0.25) is 5.02 Å². The molecule has 0 bridgehead atoms. The summed E-state index contributed by atoms with van der Waals surface area (Å²) in [6, 6.07) is 1.92. The van der Waals surface area contributed by atoms with E-state index in [0.29, 0.717) is 17.5 Å². The summed E-state index contributed by atoms with van der Waals surface area (Å²) in [5, 5.41) is 0.700. The maximum absolute atomic E-state index is 6.29. The third-order valence-corrected chi connectivity index (χ3v) is 3.71. The van der Waals surface area contributed by atoms with E-state index in [1.54, 1.807) is 0 Å². The van der Waals surface area contributed by atoms with E-state index in [1.807, 2.05) is 12.3 Å². The maximum atomic E-state index is 6.29. The molecule has 102 valence electrons. The fourth-order valence-electron chi connectivity index (χ4n) is 2.04. The van der Waals surface area contributed by atoms with E-state index in [1.165, 1.54) is 12.8 Å². The molecule has 0 aliphatic heterocycles. The number of rotatable bonds is 7. The molecule has 0 spiro atoms. The number of aromatic nitrogens is 1. The first kappa shape index (κ1) is 15.3. The minimum absolute atomic E-state index is 0.478. The number of pyridine rings is 1. The average molecular weight is 270 g/mol. The highest BCUT2D eigenvalue weighted by molar-refractivity contribution is 6.33. The second kappa shape index (κ2) is 7.59. The first-order chi connectivity index (χ1) is 8.65. The average Bonchev–Trinajstić information content (AvgIpc) is 2.41. The van der Waals surface area contributed by atoms with Crippen LogP contribution in [0.25, 0.3) is 0 Å². The lowest BCUT2D eigenvalue weighted by Crippen LogP contribution is -2.30. The molecule has 1 aromatic heterocycles. The Hall–Kier alpha value is -0.800.